The highest BCUT2D eigenvalue weighted by Crippen LogP contribution is 2.20. The van der Waals surface area contributed by atoms with E-state index in [1.165, 1.54) is 43.6 Å². The van der Waals surface area contributed by atoms with Crippen LogP contribution in [0.3, 0.4) is 0 Å². The molecular formula is C24H25N4O3S2+. The van der Waals surface area contributed by atoms with Crippen molar-refractivity contribution in [2.75, 3.05) is 25.2 Å². The number of amides is 1. The Hall–Kier alpha value is -3.14. The number of hydrogen-bond donors (Lipinski definition) is 2. The molecule has 0 spiro atoms. The molecule has 0 aliphatic carbocycles. The number of nitrogens with zero attached hydrogens (tertiary/aromatic N) is 2. The number of para-hydroxylation sites is 2. The van der Waals surface area contributed by atoms with Gasteiger partial charge in [0.25, 0.3) is 0 Å². The minimum absolute atomic E-state index is 0.173. The molecule has 4 rings (SSSR count). The number of carbonyl (C=O) groups excluding carboxylic acids is 1. The van der Waals surface area contributed by atoms with Gasteiger partial charge in [-0.3, -0.25) is 4.79 Å². The molecule has 0 aliphatic rings. The molecule has 170 valence electrons. The number of rotatable bonds is 8. The van der Waals surface area contributed by atoms with E-state index in [9.17, 15) is 13.2 Å². The van der Waals surface area contributed by atoms with Crippen molar-refractivity contribution in [2.24, 2.45) is 0 Å². The van der Waals surface area contributed by atoms with Crippen LogP contribution in [0, 0.1) is 0 Å². The molecule has 1 amide bonds. The van der Waals surface area contributed by atoms with Gasteiger partial charge >= 0.3 is 5.16 Å². The molecule has 2 N–H and O–H groups in total. The molecule has 33 heavy (non-hydrogen) atoms. The van der Waals surface area contributed by atoms with Gasteiger partial charge in [0.05, 0.1) is 10.6 Å². The number of H-pyrrole nitrogens is 1. The predicted octanol–water partition coefficient (Wildman–Crippen LogP) is 3.48. The number of imidazole rings is 1. The third-order valence-corrected chi connectivity index (χ3v) is 7.95. The first-order valence-electron chi connectivity index (χ1n) is 10.3. The Morgan fingerprint density at radius 1 is 0.970 bits per heavy atom. The monoisotopic (exact) mass is 481 g/mol. The van der Waals surface area contributed by atoms with Gasteiger partial charge < -0.3 is 5.32 Å². The summed E-state index contributed by atoms with van der Waals surface area (Å²) in [5, 5.41) is 3.72. The average Bonchev–Trinajstić information content (AvgIpc) is 3.16. The van der Waals surface area contributed by atoms with E-state index in [1.807, 2.05) is 36.4 Å². The zero-order chi connectivity index (χ0) is 23.4. The van der Waals surface area contributed by atoms with Crippen LogP contribution in [0.25, 0.3) is 11.0 Å². The van der Waals surface area contributed by atoms with E-state index < -0.39 is 10.0 Å². The summed E-state index contributed by atoms with van der Waals surface area (Å²) >= 11 is 1.42. The number of sulfonamides is 1. The first-order chi connectivity index (χ1) is 15.8. The molecule has 9 heteroatoms. The molecule has 0 saturated carbocycles. The highest BCUT2D eigenvalue weighted by atomic mass is 32.2. The zero-order valence-corrected chi connectivity index (χ0v) is 20.0. The lowest BCUT2D eigenvalue weighted by Crippen LogP contribution is -2.35. The van der Waals surface area contributed by atoms with Crippen LogP contribution in [-0.2, 0) is 21.4 Å². The third-order valence-electron chi connectivity index (χ3n) is 5.12. The van der Waals surface area contributed by atoms with Crippen LogP contribution in [0.5, 0.6) is 0 Å². The number of carbonyl (C=O) groups is 1. The Labute approximate surface area is 197 Å². The predicted molar refractivity (Wildman–Crippen MR) is 131 cm³/mol. The van der Waals surface area contributed by atoms with Crippen LogP contribution in [-0.4, -0.2) is 43.5 Å². The van der Waals surface area contributed by atoms with Crippen molar-refractivity contribution >= 4 is 44.4 Å². The topological polar surface area (TPSA) is 86.2 Å². The number of aromatic amines is 1. The summed E-state index contributed by atoms with van der Waals surface area (Å²) in [4.78, 5) is 16.2. The molecule has 0 bridgehead atoms. The Kier molecular flexibility index (Phi) is 6.83. The molecule has 0 saturated heterocycles. The number of anilines is 1. The van der Waals surface area contributed by atoms with Crippen molar-refractivity contribution in [2.45, 2.75) is 16.6 Å². The molecule has 0 fully saturated rings. The van der Waals surface area contributed by atoms with Crippen LogP contribution in [0.4, 0.5) is 5.69 Å². The summed E-state index contributed by atoms with van der Waals surface area (Å²) in [6.45, 7) is 0.691. The average molecular weight is 482 g/mol. The molecule has 0 radical (unpaired) electrons. The number of thioether (sulfide) groups is 1. The maximum Gasteiger partial charge on any atom is 0.317 e. The Balaban J connectivity index is 1.46. The van der Waals surface area contributed by atoms with E-state index in [0.29, 0.717) is 12.2 Å². The fraction of sp³-hybridized carbons (Fsp3) is 0.167. The summed E-state index contributed by atoms with van der Waals surface area (Å²) in [6.07, 6.45) is 0. The van der Waals surface area contributed by atoms with Crippen LogP contribution in [0.15, 0.2) is 88.9 Å². The maximum atomic E-state index is 12.6. The van der Waals surface area contributed by atoms with Crippen molar-refractivity contribution in [3.05, 3.63) is 84.4 Å². The van der Waals surface area contributed by atoms with Gasteiger partial charge in [-0.25, -0.2) is 22.3 Å². The number of benzene rings is 3. The molecule has 3 aromatic carbocycles. The molecule has 4 aromatic rings. The quantitative estimate of drug-likeness (QED) is 0.298. The van der Waals surface area contributed by atoms with Gasteiger partial charge in [0.1, 0.15) is 6.54 Å². The lowest BCUT2D eigenvalue weighted by Gasteiger charge is -2.11. The van der Waals surface area contributed by atoms with Gasteiger partial charge in [-0.15, -0.1) is 0 Å². The largest absolute Gasteiger partial charge is 0.325 e. The van der Waals surface area contributed by atoms with Gasteiger partial charge in [-0.1, -0.05) is 42.5 Å². The van der Waals surface area contributed by atoms with Crippen LogP contribution < -0.4 is 9.88 Å². The first kappa shape index (κ1) is 23.0. The normalized spacial score (nSPS) is 11.7. The maximum absolute atomic E-state index is 12.6. The summed E-state index contributed by atoms with van der Waals surface area (Å²) in [5.74, 6) is 0.0347. The van der Waals surface area contributed by atoms with Crippen molar-refractivity contribution in [3.8, 4) is 0 Å². The van der Waals surface area contributed by atoms with Gasteiger partial charge in [0.2, 0.25) is 15.9 Å². The smallest absolute Gasteiger partial charge is 0.317 e. The first-order valence-corrected chi connectivity index (χ1v) is 12.8. The van der Waals surface area contributed by atoms with E-state index in [4.69, 9.17) is 0 Å². The minimum Gasteiger partial charge on any atom is -0.325 e. The molecule has 1 aromatic heterocycles. The van der Waals surface area contributed by atoms with E-state index >= 15 is 0 Å². The SMILES string of the molecule is CN(C)S(=O)(=O)c1ccc(NC(=O)CSc2[nH]c3ccccc3[n+]2Cc2ccccc2)cc1. The van der Waals surface area contributed by atoms with E-state index in [2.05, 4.69) is 33.1 Å². The molecule has 0 aliphatic heterocycles. The molecular weight excluding hydrogens is 456 g/mol. The van der Waals surface area contributed by atoms with Crippen molar-refractivity contribution in [1.29, 1.82) is 0 Å². The Morgan fingerprint density at radius 3 is 2.33 bits per heavy atom. The molecule has 0 atom stereocenters. The lowest BCUT2D eigenvalue weighted by atomic mass is 10.2. The third kappa shape index (κ3) is 5.27. The zero-order valence-electron chi connectivity index (χ0n) is 18.4. The van der Waals surface area contributed by atoms with Crippen LogP contribution >= 0.6 is 11.8 Å². The minimum atomic E-state index is -3.50. The van der Waals surface area contributed by atoms with Crippen molar-refractivity contribution in [1.82, 2.24) is 9.29 Å². The van der Waals surface area contributed by atoms with Crippen molar-refractivity contribution < 1.29 is 17.8 Å². The van der Waals surface area contributed by atoms with Gasteiger partial charge in [0.15, 0.2) is 11.0 Å². The lowest BCUT2D eigenvalue weighted by molar-refractivity contribution is -0.700. The van der Waals surface area contributed by atoms with Gasteiger partial charge in [-0.05, 0) is 53.7 Å². The summed E-state index contributed by atoms with van der Waals surface area (Å²) in [6, 6.07) is 24.4. The Bertz CT molecular complexity index is 1370. The fourth-order valence-electron chi connectivity index (χ4n) is 3.40. The second-order valence-corrected chi connectivity index (χ2v) is 10.8. The molecule has 7 nitrogen and oxygen atoms in total. The second kappa shape index (κ2) is 9.78. The molecule has 0 unspecified atom stereocenters. The van der Waals surface area contributed by atoms with Crippen molar-refractivity contribution in [3.63, 3.8) is 0 Å². The van der Waals surface area contributed by atoms with Crippen LogP contribution in [0.2, 0.25) is 0 Å². The second-order valence-electron chi connectivity index (χ2n) is 7.67. The highest BCUT2D eigenvalue weighted by molar-refractivity contribution is 7.99. The number of fused-ring (bicyclic) bond motifs is 1. The molecule has 1 heterocycles. The Morgan fingerprint density at radius 2 is 1.64 bits per heavy atom. The van der Waals surface area contributed by atoms with E-state index in [-0.39, 0.29) is 16.6 Å². The summed E-state index contributed by atoms with van der Waals surface area (Å²) < 4.78 is 27.7. The van der Waals surface area contributed by atoms with Crippen LogP contribution in [0.1, 0.15) is 5.56 Å². The highest BCUT2D eigenvalue weighted by Gasteiger charge is 2.21. The summed E-state index contributed by atoms with van der Waals surface area (Å²) in [7, 11) is -0.537. The fourth-order valence-corrected chi connectivity index (χ4v) is 5.14. The standard InChI is InChI=1S/C24H24N4O3S2/c1-27(2)33(30,31)20-14-12-19(13-15-20)25-23(29)17-32-24-26-21-10-6-7-11-22(21)28(24)16-18-8-4-3-5-9-18/h3-15H,16-17H2,1-2H3,(H,25,29)/p+1. The number of aromatic nitrogens is 2. The van der Waals surface area contributed by atoms with E-state index in [0.717, 1.165) is 20.5 Å². The summed E-state index contributed by atoms with van der Waals surface area (Å²) in [5.41, 5.74) is 3.80. The van der Waals surface area contributed by atoms with Gasteiger partial charge in [-0.2, -0.15) is 0 Å². The van der Waals surface area contributed by atoms with Gasteiger partial charge in [0, 0.05) is 19.8 Å². The van der Waals surface area contributed by atoms with E-state index in [1.54, 1.807) is 12.1 Å². The number of nitrogens with one attached hydrogen (secondary N) is 2. The number of hydrogen-bond acceptors (Lipinski definition) is 4.